The van der Waals surface area contributed by atoms with Crippen LogP contribution in [0.25, 0.3) is 11.1 Å². The molecule has 0 aliphatic rings. The molecule has 0 radical (unpaired) electrons. The Morgan fingerprint density at radius 2 is 1.92 bits per heavy atom. The van der Waals surface area contributed by atoms with Gasteiger partial charge < -0.3 is 9.73 Å². The molecule has 0 saturated heterocycles. The maximum Gasteiger partial charge on any atom is 0.419 e. The number of fused-ring (bicyclic) bond motifs is 1. The van der Waals surface area contributed by atoms with Crippen LogP contribution in [-0.4, -0.2) is 16.3 Å². The lowest BCUT2D eigenvalue weighted by molar-refractivity contribution is -0.116. The van der Waals surface area contributed by atoms with Gasteiger partial charge in [0.1, 0.15) is 5.82 Å². The highest BCUT2D eigenvalue weighted by atomic mass is 19.1. The molecular weight excluding hydrogens is 327 g/mol. The lowest BCUT2D eigenvalue weighted by Gasteiger charge is -2.05. The SMILES string of the molecule is Cn1c(=O)oc2cc(NC(=O)CCC(=O)c3ccccc3F)ccc21. The van der Waals surface area contributed by atoms with Crippen LogP contribution in [0.15, 0.2) is 51.7 Å². The molecule has 6 nitrogen and oxygen atoms in total. The van der Waals surface area contributed by atoms with Gasteiger partial charge in [0.25, 0.3) is 0 Å². The van der Waals surface area contributed by atoms with E-state index in [1.54, 1.807) is 25.2 Å². The average molecular weight is 342 g/mol. The van der Waals surface area contributed by atoms with Gasteiger partial charge >= 0.3 is 5.76 Å². The maximum absolute atomic E-state index is 13.5. The first-order valence-corrected chi connectivity index (χ1v) is 7.63. The minimum absolute atomic E-state index is 0.0252. The van der Waals surface area contributed by atoms with E-state index in [0.29, 0.717) is 16.8 Å². The molecule has 0 bridgehead atoms. The summed E-state index contributed by atoms with van der Waals surface area (Å²) in [5.74, 6) is -1.91. The number of rotatable bonds is 5. The summed E-state index contributed by atoms with van der Waals surface area (Å²) < 4.78 is 19.9. The third kappa shape index (κ3) is 3.50. The first kappa shape index (κ1) is 16.6. The van der Waals surface area contributed by atoms with Gasteiger partial charge in [-0.1, -0.05) is 12.1 Å². The zero-order valence-corrected chi connectivity index (χ0v) is 13.4. The summed E-state index contributed by atoms with van der Waals surface area (Å²) in [5, 5.41) is 2.63. The fourth-order valence-electron chi connectivity index (χ4n) is 2.48. The van der Waals surface area contributed by atoms with Crippen molar-refractivity contribution < 1.29 is 18.4 Å². The Kier molecular flexibility index (Phi) is 4.47. The van der Waals surface area contributed by atoms with Crippen molar-refractivity contribution in [1.82, 2.24) is 4.57 Å². The van der Waals surface area contributed by atoms with Crippen LogP contribution in [0, 0.1) is 5.82 Å². The van der Waals surface area contributed by atoms with Crippen LogP contribution in [0.2, 0.25) is 0 Å². The number of halogens is 1. The van der Waals surface area contributed by atoms with E-state index in [1.165, 1.54) is 28.8 Å². The summed E-state index contributed by atoms with van der Waals surface area (Å²) in [7, 11) is 1.58. The second-order valence-electron chi connectivity index (χ2n) is 5.56. The first-order valence-electron chi connectivity index (χ1n) is 7.63. The summed E-state index contributed by atoms with van der Waals surface area (Å²) in [6.45, 7) is 0. The Labute approximate surface area is 141 Å². The summed E-state index contributed by atoms with van der Waals surface area (Å²) in [4.78, 5) is 35.4. The lowest BCUT2D eigenvalue weighted by Crippen LogP contribution is -2.14. The minimum atomic E-state index is -0.600. The molecule has 2 aromatic carbocycles. The average Bonchev–Trinajstić information content (AvgIpc) is 2.87. The van der Waals surface area contributed by atoms with Crippen molar-refractivity contribution in [2.75, 3.05) is 5.32 Å². The quantitative estimate of drug-likeness (QED) is 0.723. The number of hydrogen-bond acceptors (Lipinski definition) is 4. The largest absolute Gasteiger partial charge is 0.419 e. The van der Waals surface area contributed by atoms with Gasteiger partial charge in [-0.15, -0.1) is 0 Å². The lowest BCUT2D eigenvalue weighted by atomic mass is 10.1. The number of carbonyl (C=O) groups excluding carboxylic acids is 2. The van der Waals surface area contributed by atoms with Gasteiger partial charge in [-0.25, -0.2) is 9.18 Å². The van der Waals surface area contributed by atoms with E-state index in [-0.39, 0.29) is 24.3 Å². The van der Waals surface area contributed by atoms with Crippen molar-refractivity contribution in [2.24, 2.45) is 7.05 Å². The molecule has 1 aromatic heterocycles. The van der Waals surface area contributed by atoms with Crippen LogP contribution in [0.5, 0.6) is 0 Å². The van der Waals surface area contributed by atoms with Crippen LogP contribution in [0.3, 0.4) is 0 Å². The molecule has 25 heavy (non-hydrogen) atoms. The Morgan fingerprint density at radius 3 is 2.68 bits per heavy atom. The second kappa shape index (κ2) is 6.72. The Balaban J connectivity index is 1.64. The van der Waals surface area contributed by atoms with Gasteiger partial charge in [-0.3, -0.25) is 14.2 Å². The summed E-state index contributed by atoms with van der Waals surface area (Å²) in [6, 6.07) is 10.5. The van der Waals surface area contributed by atoms with Crippen molar-refractivity contribution in [2.45, 2.75) is 12.8 Å². The van der Waals surface area contributed by atoms with E-state index in [9.17, 15) is 18.8 Å². The second-order valence-corrected chi connectivity index (χ2v) is 5.56. The topological polar surface area (TPSA) is 81.3 Å². The van der Waals surface area contributed by atoms with Gasteiger partial charge in [0.15, 0.2) is 11.4 Å². The third-order valence-electron chi connectivity index (χ3n) is 3.83. The van der Waals surface area contributed by atoms with Crippen molar-refractivity contribution in [3.63, 3.8) is 0 Å². The molecule has 1 N–H and O–H groups in total. The zero-order valence-electron chi connectivity index (χ0n) is 13.4. The maximum atomic E-state index is 13.5. The molecular formula is C18H15FN2O4. The van der Waals surface area contributed by atoms with Crippen molar-refractivity contribution in [3.05, 3.63) is 64.4 Å². The number of Topliss-reactive ketones (excluding diaryl/α,β-unsaturated/α-hetero) is 1. The predicted octanol–water partition coefficient (Wildman–Crippen LogP) is 2.87. The van der Waals surface area contributed by atoms with E-state index in [4.69, 9.17) is 4.42 Å². The monoisotopic (exact) mass is 342 g/mol. The number of oxazole rings is 1. The molecule has 0 aliphatic heterocycles. The zero-order chi connectivity index (χ0) is 18.0. The highest BCUT2D eigenvalue weighted by molar-refractivity contribution is 6.00. The molecule has 0 saturated carbocycles. The Bertz CT molecular complexity index is 1020. The molecule has 0 atom stereocenters. The molecule has 3 rings (SSSR count). The highest BCUT2D eigenvalue weighted by Crippen LogP contribution is 2.18. The van der Waals surface area contributed by atoms with Crippen LogP contribution in [0.1, 0.15) is 23.2 Å². The molecule has 7 heteroatoms. The molecule has 128 valence electrons. The van der Waals surface area contributed by atoms with Crippen LogP contribution in [0.4, 0.5) is 10.1 Å². The standard InChI is InChI=1S/C18H15FN2O4/c1-21-14-7-6-11(10-16(14)25-18(21)24)20-17(23)9-8-15(22)12-4-2-3-5-13(12)19/h2-7,10H,8-9H2,1H3,(H,20,23). The number of aryl methyl sites for hydroxylation is 1. The van der Waals surface area contributed by atoms with E-state index >= 15 is 0 Å². The third-order valence-corrected chi connectivity index (χ3v) is 3.83. The van der Waals surface area contributed by atoms with Gasteiger partial charge in [-0.05, 0) is 24.3 Å². The number of ketones is 1. The summed E-state index contributed by atoms with van der Waals surface area (Å²) in [6.07, 6.45) is -0.181. The van der Waals surface area contributed by atoms with Gasteiger partial charge in [0.2, 0.25) is 5.91 Å². The molecule has 1 heterocycles. The normalized spacial score (nSPS) is 10.8. The number of nitrogens with zero attached hydrogens (tertiary/aromatic N) is 1. The molecule has 3 aromatic rings. The number of anilines is 1. The van der Waals surface area contributed by atoms with Gasteiger partial charge in [-0.2, -0.15) is 0 Å². The summed E-state index contributed by atoms with van der Waals surface area (Å²) in [5.41, 5.74) is 1.39. The fourth-order valence-corrected chi connectivity index (χ4v) is 2.48. The smallest absolute Gasteiger partial charge is 0.408 e. The first-order chi connectivity index (χ1) is 12.0. The van der Waals surface area contributed by atoms with Crippen molar-refractivity contribution in [1.29, 1.82) is 0 Å². The van der Waals surface area contributed by atoms with Crippen LogP contribution >= 0.6 is 0 Å². The molecule has 1 amide bonds. The molecule has 0 spiro atoms. The van der Waals surface area contributed by atoms with Crippen molar-refractivity contribution in [3.8, 4) is 0 Å². The van der Waals surface area contributed by atoms with E-state index < -0.39 is 17.4 Å². The number of nitrogens with one attached hydrogen (secondary N) is 1. The Morgan fingerprint density at radius 1 is 1.16 bits per heavy atom. The minimum Gasteiger partial charge on any atom is -0.408 e. The van der Waals surface area contributed by atoms with Crippen molar-refractivity contribution >= 4 is 28.5 Å². The van der Waals surface area contributed by atoms with E-state index in [1.807, 2.05) is 0 Å². The van der Waals surface area contributed by atoms with Crippen LogP contribution < -0.4 is 11.1 Å². The number of amides is 1. The van der Waals surface area contributed by atoms with Crippen LogP contribution in [-0.2, 0) is 11.8 Å². The Hall–Kier alpha value is -3.22. The number of aromatic nitrogens is 1. The molecule has 0 fully saturated rings. The number of carbonyl (C=O) groups is 2. The molecule has 0 unspecified atom stereocenters. The van der Waals surface area contributed by atoms with E-state index in [0.717, 1.165) is 0 Å². The van der Waals surface area contributed by atoms with E-state index in [2.05, 4.69) is 5.32 Å². The molecule has 0 aliphatic carbocycles. The number of benzene rings is 2. The number of hydrogen-bond donors (Lipinski definition) is 1. The summed E-state index contributed by atoms with van der Waals surface area (Å²) >= 11 is 0. The van der Waals surface area contributed by atoms with Gasteiger partial charge in [0, 0.05) is 31.6 Å². The highest BCUT2D eigenvalue weighted by Gasteiger charge is 2.13. The fraction of sp³-hybridized carbons (Fsp3) is 0.167. The predicted molar refractivity (Wildman–Crippen MR) is 90.0 cm³/mol. The van der Waals surface area contributed by atoms with Gasteiger partial charge in [0.05, 0.1) is 11.1 Å².